The number of hydrogen-bond donors (Lipinski definition) is 1. The number of ether oxygens (including phenoxy) is 2. The van der Waals surface area contributed by atoms with E-state index in [1.807, 2.05) is 6.07 Å². The van der Waals surface area contributed by atoms with Gasteiger partial charge in [0.05, 0.1) is 14.2 Å². The molecule has 1 aliphatic rings. The Balaban J connectivity index is 1.67. The van der Waals surface area contributed by atoms with Crippen LogP contribution in [0.25, 0.3) is 0 Å². The Bertz CT molecular complexity index is 681. The molecule has 0 radical (unpaired) electrons. The summed E-state index contributed by atoms with van der Waals surface area (Å²) in [5, 5.41) is 11.6. The normalized spacial score (nSPS) is 18.8. The molecular weight excluding hydrogens is 350 g/mol. The fourth-order valence-electron chi connectivity index (χ4n) is 3.51. The van der Waals surface area contributed by atoms with E-state index in [0.29, 0.717) is 17.5 Å². The maximum atomic E-state index is 9.50. The van der Waals surface area contributed by atoms with Crippen LogP contribution in [0, 0.1) is 0 Å². The molecule has 0 amide bonds. The van der Waals surface area contributed by atoms with Gasteiger partial charge >= 0.3 is 0 Å². The van der Waals surface area contributed by atoms with Crippen molar-refractivity contribution < 1.29 is 14.6 Å². The summed E-state index contributed by atoms with van der Waals surface area (Å²) in [6, 6.07) is 6.43. The lowest BCUT2D eigenvalue weighted by molar-refractivity contribution is 0.0496. The van der Waals surface area contributed by atoms with Gasteiger partial charge in [-0.3, -0.25) is 14.8 Å². The number of aliphatic hydroxyl groups excluding tert-OH is 1. The number of aliphatic hydroxyl groups is 1. The predicted octanol–water partition coefficient (Wildman–Crippen LogP) is 2.23. The standard InChI is InChI=1S/C19H27N3O3S/c1-24-18-5-7-20-17(19(18)25-2)14-21-8-9-22(15(12-21)6-10-23)13-16-4-3-11-26-16/h3-5,7,11,15,23H,6,8-10,12-14H2,1-2H3/t15-/m0/s1. The molecule has 3 heterocycles. The van der Waals surface area contributed by atoms with E-state index < -0.39 is 0 Å². The summed E-state index contributed by atoms with van der Waals surface area (Å²) >= 11 is 1.79. The lowest BCUT2D eigenvalue weighted by atomic mass is 10.1. The van der Waals surface area contributed by atoms with Crippen molar-refractivity contribution in [2.45, 2.75) is 25.6 Å². The number of pyridine rings is 1. The number of thiophene rings is 1. The number of nitrogens with zero attached hydrogens (tertiary/aromatic N) is 3. The molecule has 1 saturated heterocycles. The van der Waals surface area contributed by atoms with Crippen LogP contribution in [0.3, 0.4) is 0 Å². The van der Waals surface area contributed by atoms with Crippen molar-refractivity contribution in [2.75, 3.05) is 40.5 Å². The molecule has 26 heavy (non-hydrogen) atoms. The highest BCUT2D eigenvalue weighted by molar-refractivity contribution is 7.09. The van der Waals surface area contributed by atoms with E-state index in [9.17, 15) is 5.11 Å². The molecule has 3 rings (SSSR count). The van der Waals surface area contributed by atoms with Crippen LogP contribution in [0.5, 0.6) is 11.5 Å². The van der Waals surface area contributed by atoms with Gasteiger partial charge in [-0.25, -0.2) is 0 Å². The quantitative estimate of drug-likeness (QED) is 0.761. The van der Waals surface area contributed by atoms with Crippen LogP contribution in [0.2, 0.25) is 0 Å². The summed E-state index contributed by atoms with van der Waals surface area (Å²) in [7, 11) is 3.29. The van der Waals surface area contributed by atoms with Crippen LogP contribution in [0.15, 0.2) is 29.8 Å². The zero-order chi connectivity index (χ0) is 18.4. The Hall–Kier alpha value is -1.67. The molecule has 0 unspecified atom stereocenters. The van der Waals surface area contributed by atoms with Crippen LogP contribution in [-0.2, 0) is 13.1 Å². The average molecular weight is 378 g/mol. The van der Waals surface area contributed by atoms with E-state index in [2.05, 4.69) is 32.3 Å². The molecule has 1 N–H and O–H groups in total. The van der Waals surface area contributed by atoms with Gasteiger partial charge in [0.25, 0.3) is 0 Å². The number of aromatic nitrogens is 1. The van der Waals surface area contributed by atoms with Crippen molar-refractivity contribution >= 4 is 11.3 Å². The van der Waals surface area contributed by atoms with Crippen molar-refractivity contribution in [1.29, 1.82) is 0 Å². The largest absolute Gasteiger partial charge is 0.493 e. The topological polar surface area (TPSA) is 58.1 Å². The molecule has 1 aliphatic heterocycles. The van der Waals surface area contributed by atoms with E-state index in [4.69, 9.17) is 9.47 Å². The van der Waals surface area contributed by atoms with Crippen molar-refractivity contribution in [2.24, 2.45) is 0 Å². The molecular formula is C19H27N3O3S. The maximum Gasteiger partial charge on any atom is 0.183 e. The second kappa shape index (κ2) is 9.32. The van der Waals surface area contributed by atoms with Gasteiger partial charge in [-0.1, -0.05) is 6.07 Å². The molecule has 6 nitrogen and oxygen atoms in total. The van der Waals surface area contributed by atoms with E-state index in [-0.39, 0.29) is 6.61 Å². The lowest BCUT2D eigenvalue weighted by Crippen LogP contribution is -2.52. The van der Waals surface area contributed by atoms with E-state index in [0.717, 1.165) is 44.8 Å². The van der Waals surface area contributed by atoms with Gasteiger partial charge < -0.3 is 14.6 Å². The van der Waals surface area contributed by atoms with E-state index >= 15 is 0 Å². The Morgan fingerprint density at radius 2 is 2.12 bits per heavy atom. The summed E-state index contributed by atoms with van der Waals surface area (Å²) in [6.07, 6.45) is 2.54. The highest BCUT2D eigenvalue weighted by Gasteiger charge is 2.28. The first-order valence-corrected chi connectivity index (χ1v) is 9.78. The SMILES string of the molecule is COc1ccnc(CN2CCN(Cc3cccs3)[C@@H](CCO)C2)c1OC. The molecule has 7 heteroatoms. The van der Waals surface area contributed by atoms with Crippen molar-refractivity contribution in [3.63, 3.8) is 0 Å². The number of rotatable bonds is 8. The molecule has 0 bridgehead atoms. The van der Waals surface area contributed by atoms with Crippen molar-refractivity contribution in [3.05, 3.63) is 40.3 Å². The third-order valence-electron chi connectivity index (χ3n) is 4.83. The summed E-state index contributed by atoms with van der Waals surface area (Å²) in [6.45, 7) is 4.74. The van der Waals surface area contributed by atoms with Gasteiger partial charge in [0, 0.05) is 62.5 Å². The van der Waals surface area contributed by atoms with Gasteiger partial charge in [0.15, 0.2) is 11.5 Å². The van der Waals surface area contributed by atoms with Crippen LogP contribution in [0.1, 0.15) is 17.0 Å². The van der Waals surface area contributed by atoms with Gasteiger partial charge in [0.1, 0.15) is 5.69 Å². The first-order valence-electron chi connectivity index (χ1n) is 8.90. The molecule has 0 aromatic carbocycles. The van der Waals surface area contributed by atoms with E-state index in [1.54, 1.807) is 31.8 Å². The van der Waals surface area contributed by atoms with Crippen LogP contribution >= 0.6 is 11.3 Å². The molecule has 0 aliphatic carbocycles. The molecule has 0 saturated carbocycles. The second-order valence-corrected chi connectivity index (χ2v) is 7.48. The number of hydrogen-bond acceptors (Lipinski definition) is 7. The van der Waals surface area contributed by atoms with Crippen LogP contribution in [-0.4, -0.2) is 66.4 Å². The molecule has 2 aromatic rings. The summed E-state index contributed by atoms with van der Waals surface area (Å²) in [5.41, 5.74) is 0.890. The minimum atomic E-state index is 0.209. The van der Waals surface area contributed by atoms with Gasteiger partial charge in [0.2, 0.25) is 0 Å². The minimum absolute atomic E-state index is 0.209. The average Bonchev–Trinajstić information content (AvgIpc) is 3.17. The highest BCUT2D eigenvalue weighted by atomic mass is 32.1. The minimum Gasteiger partial charge on any atom is -0.493 e. The fraction of sp³-hybridized carbons (Fsp3) is 0.526. The third-order valence-corrected chi connectivity index (χ3v) is 5.69. The van der Waals surface area contributed by atoms with Crippen LogP contribution in [0.4, 0.5) is 0 Å². The Kier molecular flexibility index (Phi) is 6.85. The summed E-state index contributed by atoms with van der Waals surface area (Å²) in [5.74, 6) is 1.41. The maximum absolute atomic E-state index is 9.50. The molecule has 2 aromatic heterocycles. The molecule has 1 atom stereocenters. The van der Waals surface area contributed by atoms with Gasteiger partial charge in [-0.2, -0.15) is 0 Å². The summed E-state index contributed by atoms with van der Waals surface area (Å²) in [4.78, 5) is 10.7. The monoisotopic (exact) mass is 377 g/mol. The van der Waals surface area contributed by atoms with E-state index in [1.165, 1.54) is 4.88 Å². The Morgan fingerprint density at radius 1 is 1.23 bits per heavy atom. The number of piperazine rings is 1. The smallest absolute Gasteiger partial charge is 0.183 e. The molecule has 142 valence electrons. The van der Waals surface area contributed by atoms with Gasteiger partial charge in [-0.05, 0) is 17.9 Å². The second-order valence-electron chi connectivity index (χ2n) is 6.44. The Morgan fingerprint density at radius 3 is 2.81 bits per heavy atom. The van der Waals surface area contributed by atoms with Crippen LogP contribution < -0.4 is 9.47 Å². The highest BCUT2D eigenvalue weighted by Crippen LogP contribution is 2.30. The zero-order valence-electron chi connectivity index (χ0n) is 15.4. The lowest BCUT2D eigenvalue weighted by Gasteiger charge is -2.41. The van der Waals surface area contributed by atoms with Gasteiger partial charge in [-0.15, -0.1) is 11.3 Å². The molecule has 0 spiro atoms. The zero-order valence-corrected chi connectivity index (χ0v) is 16.2. The Labute approximate surface area is 159 Å². The molecule has 1 fully saturated rings. The van der Waals surface area contributed by atoms with Crippen molar-refractivity contribution in [1.82, 2.24) is 14.8 Å². The third kappa shape index (κ3) is 4.54. The first kappa shape index (κ1) is 19.1. The summed E-state index contributed by atoms with van der Waals surface area (Å²) < 4.78 is 10.9. The van der Waals surface area contributed by atoms with Crippen molar-refractivity contribution in [3.8, 4) is 11.5 Å². The number of methoxy groups -OCH3 is 2. The fourth-order valence-corrected chi connectivity index (χ4v) is 4.24. The predicted molar refractivity (Wildman–Crippen MR) is 103 cm³/mol. The first-order chi connectivity index (χ1) is 12.7.